The summed E-state index contributed by atoms with van der Waals surface area (Å²) in [4.78, 5) is 3.21. The number of fused-ring (bicyclic) bond motifs is 1. The molecule has 0 amide bonds. The number of benzene rings is 1. The van der Waals surface area contributed by atoms with Crippen LogP contribution in [0.1, 0.15) is 5.56 Å². The van der Waals surface area contributed by atoms with Gasteiger partial charge in [0.1, 0.15) is 0 Å². The molecular formula is C11H14N4S. The van der Waals surface area contributed by atoms with E-state index in [-0.39, 0.29) is 5.11 Å². The van der Waals surface area contributed by atoms with E-state index < -0.39 is 0 Å². The number of nitrogens with two attached hydrogens (primary N) is 2. The van der Waals surface area contributed by atoms with Gasteiger partial charge in [0.25, 0.3) is 0 Å². The van der Waals surface area contributed by atoms with Crippen molar-refractivity contribution in [3.8, 4) is 0 Å². The molecule has 0 spiro atoms. The lowest BCUT2D eigenvalue weighted by Gasteiger charge is -2.04. The molecule has 2 rings (SSSR count). The van der Waals surface area contributed by atoms with E-state index >= 15 is 0 Å². The Morgan fingerprint density at radius 3 is 2.94 bits per heavy atom. The zero-order valence-corrected chi connectivity index (χ0v) is 9.60. The van der Waals surface area contributed by atoms with Crippen molar-refractivity contribution in [2.45, 2.75) is 6.42 Å². The SMILES string of the molecule is NCCc1c[nH]c2ccc(NC(N)=S)cc12. The highest BCUT2D eigenvalue weighted by molar-refractivity contribution is 7.80. The molecule has 0 aliphatic carbocycles. The van der Waals surface area contributed by atoms with Gasteiger partial charge < -0.3 is 21.8 Å². The molecule has 2 aromatic rings. The molecular weight excluding hydrogens is 220 g/mol. The quantitative estimate of drug-likeness (QED) is 0.604. The van der Waals surface area contributed by atoms with Crippen LogP contribution in [0, 0.1) is 0 Å². The Morgan fingerprint density at radius 2 is 2.25 bits per heavy atom. The van der Waals surface area contributed by atoms with E-state index in [2.05, 4.69) is 10.3 Å². The Kier molecular flexibility index (Phi) is 3.07. The third kappa shape index (κ3) is 2.15. The predicted octanol–water partition coefficient (Wildman–Crippen LogP) is 1.32. The molecule has 0 aliphatic rings. The third-order valence-electron chi connectivity index (χ3n) is 2.45. The predicted molar refractivity (Wildman–Crippen MR) is 71.5 cm³/mol. The molecule has 84 valence electrons. The van der Waals surface area contributed by atoms with Crippen LogP contribution in [0.15, 0.2) is 24.4 Å². The van der Waals surface area contributed by atoms with E-state index in [1.807, 2.05) is 24.4 Å². The number of aromatic amines is 1. The van der Waals surface area contributed by atoms with Crippen molar-refractivity contribution in [2.75, 3.05) is 11.9 Å². The van der Waals surface area contributed by atoms with Crippen LogP contribution < -0.4 is 16.8 Å². The topological polar surface area (TPSA) is 79.9 Å². The third-order valence-corrected chi connectivity index (χ3v) is 2.55. The molecule has 0 saturated heterocycles. The van der Waals surface area contributed by atoms with Gasteiger partial charge in [0.2, 0.25) is 0 Å². The first-order valence-electron chi connectivity index (χ1n) is 5.07. The maximum atomic E-state index is 5.56. The van der Waals surface area contributed by atoms with Crippen LogP contribution in [-0.4, -0.2) is 16.6 Å². The van der Waals surface area contributed by atoms with E-state index in [1.54, 1.807) is 0 Å². The fourth-order valence-electron chi connectivity index (χ4n) is 1.76. The van der Waals surface area contributed by atoms with Crippen LogP contribution >= 0.6 is 12.2 Å². The molecule has 6 N–H and O–H groups in total. The molecule has 1 heterocycles. The smallest absolute Gasteiger partial charge is 0.168 e. The Hall–Kier alpha value is -1.59. The first-order valence-corrected chi connectivity index (χ1v) is 5.48. The van der Waals surface area contributed by atoms with Gasteiger partial charge in [-0.15, -0.1) is 0 Å². The van der Waals surface area contributed by atoms with Crippen molar-refractivity contribution in [2.24, 2.45) is 11.5 Å². The molecule has 0 radical (unpaired) electrons. The normalized spacial score (nSPS) is 10.6. The van der Waals surface area contributed by atoms with E-state index in [0.29, 0.717) is 6.54 Å². The summed E-state index contributed by atoms with van der Waals surface area (Å²) in [5.74, 6) is 0. The van der Waals surface area contributed by atoms with Gasteiger partial charge in [-0.25, -0.2) is 0 Å². The average molecular weight is 234 g/mol. The molecule has 4 nitrogen and oxygen atoms in total. The van der Waals surface area contributed by atoms with Crippen LogP contribution in [0.5, 0.6) is 0 Å². The van der Waals surface area contributed by atoms with Gasteiger partial charge in [-0.2, -0.15) is 0 Å². The molecule has 16 heavy (non-hydrogen) atoms. The first kappa shape index (κ1) is 10.9. The van der Waals surface area contributed by atoms with Crippen molar-refractivity contribution >= 4 is 33.9 Å². The number of thiocarbonyl (C=S) groups is 1. The highest BCUT2D eigenvalue weighted by Gasteiger charge is 2.04. The number of anilines is 1. The highest BCUT2D eigenvalue weighted by atomic mass is 32.1. The van der Waals surface area contributed by atoms with Gasteiger partial charge in [0.05, 0.1) is 0 Å². The van der Waals surface area contributed by atoms with Gasteiger partial charge in [0, 0.05) is 22.8 Å². The van der Waals surface area contributed by atoms with Crippen molar-refractivity contribution in [1.29, 1.82) is 0 Å². The number of nitrogens with one attached hydrogen (secondary N) is 2. The summed E-state index contributed by atoms with van der Waals surface area (Å²) >= 11 is 4.80. The van der Waals surface area contributed by atoms with Crippen molar-refractivity contribution in [3.63, 3.8) is 0 Å². The largest absolute Gasteiger partial charge is 0.376 e. The molecule has 0 aliphatic heterocycles. The number of hydrogen-bond acceptors (Lipinski definition) is 2. The Labute approximate surface area is 99.0 Å². The Bertz CT molecular complexity index is 518. The standard InChI is InChI=1S/C11H14N4S/c12-4-3-7-6-14-10-2-1-8(5-9(7)10)15-11(13)16/h1-2,5-6,14H,3-4,12H2,(H3,13,15,16). The van der Waals surface area contributed by atoms with Gasteiger partial charge in [0.15, 0.2) is 5.11 Å². The summed E-state index contributed by atoms with van der Waals surface area (Å²) in [6.07, 6.45) is 2.85. The zero-order valence-electron chi connectivity index (χ0n) is 8.79. The minimum Gasteiger partial charge on any atom is -0.376 e. The first-order chi connectivity index (χ1) is 7.70. The lowest BCUT2D eigenvalue weighted by molar-refractivity contribution is 0.976. The minimum atomic E-state index is 0.273. The molecule has 5 heteroatoms. The van der Waals surface area contributed by atoms with Crippen LogP contribution in [0.3, 0.4) is 0 Å². The highest BCUT2D eigenvalue weighted by Crippen LogP contribution is 2.22. The zero-order chi connectivity index (χ0) is 11.5. The molecule has 1 aromatic heterocycles. The number of aromatic nitrogens is 1. The van der Waals surface area contributed by atoms with E-state index in [0.717, 1.165) is 23.0 Å². The lowest BCUT2D eigenvalue weighted by Crippen LogP contribution is -2.18. The number of H-pyrrole nitrogens is 1. The Morgan fingerprint density at radius 1 is 1.44 bits per heavy atom. The number of rotatable bonds is 3. The van der Waals surface area contributed by atoms with Crippen LogP contribution in [-0.2, 0) is 6.42 Å². The van der Waals surface area contributed by atoms with Gasteiger partial charge >= 0.3 is 0 Å². The van der Waals surface area contributed by atoms with E-state index in [4.69, 9.17) is 23.7 Å². The fourth-order valence-corrected chi connectivity index (χ4v) is 1.88. The van der Waals surface area contributed by atoms with Gasteiger partial charge in [-0.1, -0.05) is 0 Å². The summed E-state index contributed by atoms with van der Waals surface area (Å²) in [5.41, 5.74) is 14.2. The maximum absolute atomic E-state index is 5.56. The summed E-state index contributed by atoms with van der Waals surface area (Å²) in [6, 6.07) is 5.95. The van der Waals surface area contributed by atoms with Crippen molar-refractivity contribution in [1.82, 2.24) is 4.98 Å². The van der Waals surface area contributed by atoms with Gasteiger partial charge in [-0.3, -0.25) is 0 Å². The van der Waals surface area contributed by atoms with Crippen LogP contribution in [0.4, 0.5) is 5.69 Å². The summed E-state index contributed by atoms with van der Waals surface area (Å²) in [5, 5.41) is 4.35. The summed E-state index contributed by atoms with van der Waals surface area (Å²) < 4.78 is 0. The van der Waals surface area contributed by atoms with Crippen LogP contribution in [0.2, 0.25) is 0 Å². The molecule has 0 atom stereocenters. The van der Waals surface area contributed by atoms with Gasteiger partial charge in [-0.05, 0) is 48.9 Å². The minimum absolute atomic E-state index is 0.273. The lowest BCUT2D eigenvalue weighted by atomic mass is 10.1. The second-order valence-corrected chi connectivity index (χ2v) is 4.04. The second kappa shape index (κ2) is 4.51. The van der Waals surface area contributed by atoms with Crippen LogP contribution in [0.25, 0.3) is 10.9 Å². The maximum Gasteiger partial charge on any atom is 0.168 e. The van der Waals surface area contributed by atoms with E-state index in [9.17, 15) is 0 Å². The second-order valence-electron chi connectivity index (χ2n) is 3.60. The summed E-state index contributed by atoms with van der Waals surface area (Å²) in [7, 11) is 0. The van der Waals surface area contributed by atoms with Crippen molar-refractivity contribution in [3.05, 3.63) is 30.0 Å². The fraction of sp³-hybridized carbons (Fsp3) is 0.182. The molecule has 0 bridgehead atoms. The monoisotopic (exact) mass is 234 g/mol. The van der Waals surface area contributed by atoms with Crippen molar-refractivity contribution < 1.29 is 0 Å². The molecule has 0 saturated carbocycles. The Balaban J connectivity index is 2.41. The van der Waals surface area contributed by atoms with E-state index in [1.165, 1.54) is 5.56 Å². The molecule has 0 fully saturated rings. The molecule has 0 unspecified atom stereocenters. The molecule has 1 aromatic carbocycles. The average Bonchev–Trinajstić information content (AvgIpc) is 2.61. The number of hydrogen-bond donors (Lipinski definition) is 4. The summed E-state index contributed by atoms with van der Waals surface area (Å²) in [6.45, 7) is 0.639.